The van der Waals surface area contributed by atoms with Crippen molar-refractivity contribution in [3.63, 3.8) is 0 Å². The maximum absolute atomic E-state index is 11.1. The van der Waals surface area contributed by atoms with Crippen LogP contribution in [0, 0.1) is 10.1 Å². The maximum atomic E-state index is 11.1. The molecule has 0 aliphatic heterocycles. The minimum Gasteiger partial charge on any atom is -0.393 e. The quantitative estimate of drug-likeness (QED) is 0.560. The van der Waals surface area contributed by atoms with Gasteiger partial charge in [-0.25, -0.2) is 4.98 Å². The first-order valence-corrected chi connectivity index (χ1v) is 6.74. The molecule has 0 saturated heterocycles. The van der Waals surface area contributed by atoms with Crippen molar-refractivity contribution >= 4 is 17.3 Å². The van der Waals surface area contributed by atoms with Gasteiger partial charge in [-0.05, 0) is 25.8 Å². The van der Waals surface area contributed by atoms with E-state index >= 15 is 0 Å². The highest BCUT2D eigenvalue weighted by Crippen LogP contribution is 2.27. The van der Waals surface area contributed by atoms with Crippen molar-refractivity contribution in [3.8, 4) is 0 Å². The molecule has 1 unspecified atom stereocenters. The zero-order valence-corrected chi connectivity index (χ0v) is 12.2. The summed E-state index contributed by atoms with van der Waals surface area (Å²) in [5.41, 5.74) is -0.0276. The molecule has 1 atom stereocenters. The van der Waals surface area contributed by atoms with E-state index in [1.165, 1.54) is 6.07 Å². The molecule has 0 amide bonds. The monoisotopic (exact) mass is 282 g/mol. The molecule has 1 aromatic rings. The Morgan fingerprint density at radius 1 is 1.55 bits per heavy atom. The second kappa shape index (κ2) is 7.64. The predicted octanol–water partition coefficient (Wildman–Crippen LogP) is 2.02. The average molecular weight is 282 g/mol. The van der Waals surface area contributed by atoms with E-state index < -0.39 is 11.0 Å². The Bertz CT molecular complexity index is 451. The topological polar surface area (TPSA) is 91.5 Å². The fourth-order valence-electron chi connectivity index (χ4n) is 1.70. The summed E-state index contributed by atoms with van der Waals surface area (Å²) in [4.78, 5) is 16.6. The molecular formula is C13H22N4O3. The van der Waals surface area contributed by atoms with Crippen LogP contribution in [-0.4, -0.2) is 41.3 Å². The van der Waals surface area contributed by atoms with Gasteiger partial charge in [0.1, 0.15) is 5.82 Å². The predicted molar refractivity (Wildman–Crippen MR) is 79.2 cm³/mol. The van der Waals surface area contributed by atoms with E-state index in [9.17, 15) is 15.2 Å². The van der Waals surface area contributed by atoms with E-state index in [1.807, 2.05) is 6.92 Å². The van der Waals surface area contributed by atoms with Crippen LogP contribution in [0.15, 0.2) is 12.1 Å². The average Bonchev–Trinajstić information content (AvgIpc) is 2.41. The van der Waals surface area contributed by atoms with Gasteiger partial charge in [-0.1, -0.05) is 6.92 Å². The van der Waals surface area contributed by atoms with E-state index in [0.717, 1.165) is 13.0 Å². The number of aromatic nitrogens is 1. The molecule has 0 spiro atoms. The lowest BCUT2D eigenvalue weighted by Crippen LogP contribution is -2.24. The van der Waals surface area contributed by atoms with E-state index in [-0.39, 0.29) is 5.69 Å². The highest BCUT2D eigenvalue weighted by molar-refractivity contribution is 5.61. The van der Waals surface area contributed by atoms with Gasteiger partial charge in [0.15, 0.2) is 0 Å². The largest absolute Gasteiger partial charge is 0.393 e. The number of rotatable bonds is 8. The molecule has 0 bridgehead atoms. The number of hydrogen-bond acceptors (Lipinski definition) is 6. The van der Waals surface area contributed by atoms with E-state index in [4.69, 9.17) is 0 Å². The summed E-state index contributed by atoms with van der Waals surface area (Å²) in [6.45, 7) is 4.99. The third-order valence-electron chi connectivity index (χ3n) is 2.85. The smallest absolute Gasteiger partial charge is 0.311 e. The molecule has 1 rings (SSSR count). The number of hydrogen-bond donors (Lipinski definition) is 2. The molecule has 0 aliphatic carbocycles. The number of nitrogens with one attached hydrogen (secondary N) is 1. The molecule has 0 aliphatic rings. The lowest BCUT2D eigenvalue weighted by molar-refractivity contribution is -0.384. The number of nitrogens with zero attached hydrogens (tertiary/aromatic N) is 3. The Kier molecular flexibility index (Phi) is 6.17. The minimum absolute atomic E-state index is 0.0276. The molecule has 0 aromatic carbocycles. The van der Waals surface area contributed by atoms with E-state index in [2.05, 4.69) is 10.3 Å². The molecular weight excluding hydrogens is 260 g/mol. The van der Waals surface area contributed by atoms with Gasteiger partial charge in [0.05, 0.1) is 11.0 Å². The van der Waals surface area contributed by atoms with Crippen molar-refractivity contribution in [2.45, 2.75) is 32.8 Å². The van der Waals surface area contributed by atoms with E-state index in [1.54, 1.807) is 24.9 Å². The molecule has 1 heterocycles. The van der Waals surface area contributed by atoms with Crippen LogP contribution in [0.1, 0.15) is 26.7 Å². The third kappa shape index (κ3) is 4.65. The first-order valence-electron chi connectivity index (χ1n) is 6.74. The fraction of sp³-hybridized carbons (Fsp3) is 0.615. The van der Waals surface area contributed by atoms with Crippen LogP contribution in [0.4, 0.5) is 17.3 Å². The molecule has 7 heteroatoms. The van der Waals surface area contributed by atoms with Crippen molar-refractivity contribution in [2.75, 3.05) is 30.4 Å². The Labute approximate surface area is 118 Å². The first-order chi connectivity index (χ1) is 9.45. The van der Waals surface area contributed by atoms with Gasteiger partial charge in [-0.3, -0.25) is 10.1 Å². The van der Waals surface area contributed by atoms with Gasteiger partial charge in [-0.15, -0.1) is 0 Å². The zero-order valence-electron chi connectivity index (χ0n) is 12.2. The first kappa shape index (κ1) is 16.2. The van der Waals surface area contributed by atoms with Crippen molar-refractivity contribution in [1.82, 2.24) is 4.98 Å². The number of pyridine rings is 1. The Morgan fingerprint density at radius 3 is 2.80 bits per heavy atom. The Balaban J connectivity index is 2.95. The SMILES string of the molecule is CCCNc1ccc([N+](=O)[O-])c(N(C)CCC(C)O)n1. The molecule has 0 radical (unpaired) electrons. The van der Waals surface area contributed by atoms with Crippen LogP contribution in [0.2, 0.25) is 0 Å². The van der Waals surface area contributed by atoms with E-state index in [0.29, 0.717) is 24.6 Å². The van der Waals surface area contributed by atoms with Gasteiger partial charge < -0.3 is 15.3 Å². The van der Waals surface area contributed by atoms with Gasteiger partial charge in [0, 0.05) is 26.2 Å². The summed E-state index contributed by atoms with van der Waals surface area (Å²) in [7, 11) is 1.74. The lowest BCUT2D eigenvalue weighted by Gasteiger charge is -2.19. The van der Waals surface area contributed by atoms with Gasteiger partial charge in [0.2, 0.25) is 5.82 Å². The summed E-state index contributed by atoms with van der Waals surface area (Å²) in [5, 5.41) is 23.5. The van der Waals surface area contributed by atoms with Gasteiger partial charge in [0.25, 0.3) is 0 Å². The summed E-state index contributed by atoms with van der Waals surface area (Å²) in [6, 6.07) is 3.07. The molecule has 0 saturated carbocycles. The van der Waals surface area contributed by atoms with Crippen LogP contribution >= 0.6 is 0 Å². The van der Waals surface area contributed by atoms with Crippen LogP contribution in [0.3, 0.4) is 0 Å². The van der Waals surface area contributed by atoms with Gasteiger partial charge in [-0.2, -0.15) is 0 Å². The van der Waals surface area contributed by atoms with Crippen LogP contribution in [0.25, 0.3) is 0 Å². The minimum atomic E-state index is -0.446. The number of aliphatic hydroxyl groups is 1. The van der Waals surface area contributed by atoms with Crippen molar-refractivity contribution in [1.29, 1.82) is 0 Å². The number of anilines is 2. The lowest BCUT2D eigenvalue weighted by atomic mass is 10.2. The second-order valence-electron chi connectivity index (χ2n) is 4.78. The van der Waals surface area contributed by atoms with Crippen molar-refractivity contribution in [2.24, 2.45) is 0 Å². The summed E-state index contributed by atoms with van der Waals surface area (Å²) in [5.74, 6) is 0.938. The Hall–Kier alpha value is -1.89. The van der Waals surface area contributed by atoms with Crippen molar-refractivity contribution < 1.29 is 10.0 Å². The second-order valence-corrected chi connectivity index (χ2v) is 4.78. The normalized spacial score (nSPS) is 12.0. The molecule has 7 nitrogen and oxygen atoms in total. The van der Waals surface area contributed by atoms with Crippen molar-refractivity contribution in [3.05, 3.63) is 22.2 Å². The highest BCUT2D eigenvalue weighted by Gasteiger charge is 2.19. The zero-order chi connectivity index (χ0) is 15.1. The van der Waals surface area contributed by atoms with Crippen LogP contribution in [-0.2, 0) is 0 Å². The number of aliphatic hydroxyl groups excluding tert-OH is 1. The summed E-state index contributed by atoms with van der Waals surface area (Å²) in [6.07, 6.45) is 1.03. The molecule has 20 heavy (non-hydrogen) atoms. The van der Waals surface area contributed by atoms with Crippen LogP contribution < -0.4 is 10.2 Å². The summed E-state index contributed by atoms with van der Waals surface area (Å²) >= 11 is 0. The standard InChI is InChI=1S/C13H22N4O3/c1-4-8-14-12-6-5-11(17(19)20)13(15-12)16(3)9-7-10(2)18/h5-6,10,18H,4,7-9H2,1-3H3,(H,14,15). The third-order valence-corrected chi connectivity index (χ3v) is 2.85. The highest BCUT2D eigenvalue weighted by atomic mass is 16.6. The molecule has 1 aromatic heterocycles. The maximum Gasteiger partial charge on any atom is 0.311 e. The van der Waals surface area contributed by atoms with Gasteiger partial charge >= 0.3 is 5.69 Å². The Morgan fingerprint density at radius 2 is 2.25 bits per heavy atom. The fourth-order valence-corrected chi connectivity index (χ4v) is 1.70. The molecule has 2 N–H and O–H groups in total. The molecule has 112 valence electrons. The number of nitro groups is 1. The summed E-state index contributed by atoms with van der Waals surface area (Å²) < 4.78 is 0. The van der Waals surface area contributed by atoms with Crippen LogP contribution in [0.5, 0.6) is 0 Å². The molecule has 0 fully saturated rings.